The molecule has 6 atom stereocenters. The quantitative estimate of drug-likeness (QED) is 0.602. The van der Waals surface area contributed by atoms with Crippen molar-refractivity contribution in [3.8, 4) is 0 Å². The molecule has 1 N–H and O–H groups in total. The predicted molar refractivity (Wildman–Crippen MR) is 88.9 cm³/mol. The average molecular weight is 294 g/mol. The zero-order valence-corrected chi connectivity index (χ0v) is 14.5. The van der Waals surface area contributed by atoms with Gasteiger partial charge in [0.1, 0.15) is 0 Å². The van der Waals surface area contributed by atoms with Gasteiger partial charge >= 0.3 is 0 Å². The molecule has 2 rings (SSSR count). The number of rotatable bonds is 5. The van der Waals surface area contributed by atoms with Gasteiger partial charge < -0.3 is 5.21 Å². The largest absolute Gasteiger partial charge is 0.411 e. The number of piperidine rings is 1. The van der Waals surface area contributed by atoms with Gasteiger partial charge in [0.05, 0.1) is 5.71 Å². The first kappa shape index (κ1) is 16.8. The van der Waals surface area contributed by atoms with E-state index in [-0.39, 0.29) is 0 Å². The van der Waals surface area contributed by atoms with Crippen LogP contribution in [0.4, 0.5) is 0 Å². The Morgan fingerprint density at radius 2 is 2.05 bits per heavy atom. The summed E-state index contributed by atoms with van der Waals surface area (Å²) in [6.07, 6.45) is 6.07. The van der Waals surface area contributed by atoms with E-state index < -0.39 is 0 Å². The molecule has 0 amide bonds. The Balaban J connectivity index is 2.09. The molecule has 0 aromatic rings. The molecular formula is C18H34N2O. The highest BCUT2D eigenvalue weighted by atomic mass is 16.4. The fourth-order valence-corrected chi connectivity index (χ4v) is 5.01. The summed E-state index contributed by atoms with van der Waals surface area (Å²) in [7, 11) is 0. The molecule has 0 spiro atoms. The monoisotopic (exact) mass is 294 g/mol. The van der Waals surface area contributed by atoms with Crippen LogP contribution in [0.25, 0.3) is 0 Å². The topological polar surface area (TPSA) is 35.8 Å². The van der Waals surface area contributed by atoms with E-state index in [2.05, 4.69) is 44.7 Å². The minimum Gasteiger partial charge on any atom is -0.411 e. The molecule has 5 unspecified atom stereocenters. The van der Waals surface area contributed by atoms with Crippen LogP contribution < -0.4 is 0 Å². The Labute approximate surface area is 130 Å². The summed E-state index contributed by atoms with van der Waals surface area (Å²) < 4.78 is 0. The van der Waals surface area contributed by atoms with Crippen molar-refractivity contribution in [1.82, 2.24) is 4.90 Å². The first-order valence-electron chi connectivity index (χ1n) is 9.01. The lowest BCUT2D eigenvalue weighted by molar-refractivity contribution is -0.0520. The molecule has 2 aliphatic rings. The van der Waals surface area contributed by atoms with Crippen molar-refractivity contribution >= 4 is 5.71 Å². The zero-order valence-electron chi connectivity index (χ0n) is 14.5. The van der Waals surface area contributed by atoms with Crippen LogP contribution in [0.5, 0.6) is 0 Å². The second kappa shape index (κ2) is 7.13. The molecule has 0 radical (unpaired) electrons. The third-order valence-corrected chi connectivity index (χ3v) is 6.25. The van der Waals surface area contributed by atoms with Gasteiger partial charge in [-0.25, -0.2) is 0 Å². The molecule has 1 saturated heterocycles. The maximum atomic E-state index is 9.24. The van der Waals surface area contributed by atoms with E-state index >= 15 is 0 Å². The van der Waals surface area contributed by atoms with Crippen LogP contribution in [-0.2, 0) is 0 Å². The van der Waals surface area contributed by atoms with E-state index in [4.69, 9.17) is 0 Å². The predicted octanol–water partition coefficient (Wildman–Crippen LogP) is 4.40. The molecule has 0 bridgehead atoms. The summed E-state index contributed by atoms with van der Waals surface area (Å²) in [5.74, 6) is 2.96. The van der Waals surface area contributed by atoms with Gasteiger partial charge in [-0.15, -0.1) is 0 Å². The fraction of sp³-hybridized carbons (Fsp3) is 0.944. The summed E-state index contributed by atoms with van der Waals surface area (Å²) in [5, 5.41) is 12.8. The van der Waals surface area contributed by atoms with Gasteiger partial charge in [-0.2, -0.15) is 0 Å². The van der Waals surface area contributed by atoms with Crippen LogP contribution >= 0.6 is 0 Å². The number of oxime groups is 1. The second-order valence-electron chi connectivity index (χ2n) is 7.47. The van der Waals surface area contributed by atoms with E-state index in [0.29, 0.717) is 12.0 Å². The minimum absolute atomic E-state index is 0.429. The van der Waals surface area contributed by atoms with Crippen LogP contribution in [0.1, 0.15) is 66.7 Å². The summed E-state index contributed by atoms with van der Waals surface area (Å²) in [4.78, 5) is 2.74. The maximum Gasteiger partial charge on any atom is 0.0629 e. The van der Waals surface area contributed by atoms with E-state index in [1.165, 1.54) is 19.3 Å². The lowest BCUT2D eigenvalue weighted by Crippen LogP contribution is -2.61. The summed E-state index contributed by atoms with van der Waals surface area (Å²) >= 11 is 0. The van der Waals surface area contributed by atoms with Crippen LogP contribution in [0.15, 0.2) is 5.16 Å². The van der Waals surface area contributed by atoms with Crippen molar-refractivity contribution < 1.29 is 5.21 Å². The highest BCUT2D eigenvalue weighted by Gasteiger charge is 2.47. The lowest BCUT2D eigenvalue weighted by Gasteiger charge is -2.56. The van der Waals surface area contributed by atoms with Crippen LogP contribution in [-0.4, -0.2) is 34.4 Å². The lowest BCUT2D eigenvalue weighted by atomic mass is 9.62. The van der Waals surface area contributed by atoms with Gasteiger partial charge in [-0.1, -0.05) is 45.7 Å². The zero-order chi connectivity index (χ0) is 15.6. The van der Waals surface area contributed by atoms with Crippen LogP contribution in [0, 0.1) is 23.7 Å². The van der Waals surface area contributed by atoms with Gasteiger partial charge in [0.15, 0.2) is 0 Å². The van der Waals surface area contributed by atoms with Crippen molar-refractivity contribution in [2.24, 2.45) is 28.8 Å². The summed E-state index contributed by atoms with van der Waals surface area (Å²) in [6, 6.07) is 1.26. The Kier molecular flexibility index (Phi) is 5.70. The standard InChI is InChI=1S/C18H34N2O/c1-6-8-12(3)16-11-13(4)18(16)20-10-9-17(19-21)15(7-2)14(20)5/h12-16,18,21H,6-11H2,1-5H3/b19-17-/t12?,13?,14?,15?,16?,18-/m0/s1. The Bertz CT molecular complexity index is 368. The van der Waals surface area contributed by atoms with Crippen molar-refractivity contribution in [1.29, 1.82) is 0 Å². The first-order chi connectivity index (χ1) is 10.0. The Hall–Kier alpha value is -0.570. The van der Waals surface area contributed by atoms with Gasteiger partial charge in [0.25, 0.3) is 0 Å². The molecule has 1 saturated carbocycles. The maximum absolute atomic E-state index is 9.24. The van der Waals surface area contributed by atoms with Crippen LogP contribution in [0.3, 0.4) is 0 Å². The van der Waals surface area contributed by atoms with E-state index in [0.717, 1.165) is 48.9 Å². The van der Waals surface area contributed by atoms with Crippen molar-refractivity contribution in [2.75, 3.05) is 6.54 Å². The number of likely N-dealkylation sites (tertiary alicyclic amines) is 1. The molecular weight excluding hydrogens is 260 g/mol. The number of hydrogen-bond acceptors (Lipinski definition) is 3. The van der Waals surface area contributed by atoms with Crippen LogP contribution in [0.2, 0.25) is 0 Å². The molecule has 21 heavy (non-hydrogen) atoms. The van der Waals surface area contributed by atoms with Crippen molar-refractivity contribution in [3.63, 3.8) is 0 Å². The summed E-state index contributed by atoms with van der Waals surface area (Å²) in [6.45, 7) is 12.8. The normalized spacial score (nSPS) is 41.0. The third-order valence-electron chi connectivity index (χ3n) is 6.25. The SMILES string of the molecule is CCCC(C)C1CC(C)[C@@H]1N1CC/C(=N/O)C(CC)C1C. The number of nitrogens with zero attached hydrogens (tertiary/aromatic N) is 2. The molecule has 2 fully saturated rings. The third kappa shape index (κ3) is 3.13. The molecule has 3 nitrogen and oxygen atoms in total. The molecule has 3 heteroatoms. The second-order valence-corrected chi connectivity index (χ2v) is 7.47. The Morgan fingerprint density at radius 3 is 2.57 bits per heavy atom. The highest BCUT2D eigenvalue weighted by molar-refractivity contribution is 5.87. The van der Waals surface area contributed by atoms with E-state index in [1.807, 2.05) is 0 Å². The molecule has 1 aliphatic carbocycles. The fourth-order valence-electron chi connectivity index (χ4n) is 5.01. The summed E-state index contributed by atoms with van der Waals surface area (Å²) in [5.41, 5.74) is 1.02. The van der Waals surface area contributed by atoms with Gasteiger partial charge in [-0.3, -0.25) is 4.90 Å². The molecule has 0 aromatic carbocycles. The van der Waals surface area contributed by atoms with Crippen molar-refractivity contribution in [2.45, 2.75) is 78.8 Å². The van der Waals surface area contributed by atoms with Gasteiger partial charge in [0.2, 0.25) is 0 Å². The van der Waals surface area contributed by atoms with Gasteiger partial charge in [0, 0.05) is 31.0 Å². The minimum atomic E-state index is 0.429. The Morgan fingerprint density at radius 1 is 1.33 bits per heavy atom. The molecule has 1 heterocycles. The average Bonchev–Trinajstić information content (AvgIpc) is 2.46. The highest BCUT2D eigenvalue weighted by Crippen LogP contribution is 2.46. The number of hydrogen-bond donors (Lipinski definition) is 1. The molecule has 0 aromatic heterocycles. The smallest absolute Gasteiger partial charge is 0.0629 e. The van der Waals surface area contributed by atoms with Gasteiger partial charge in [-0.05, 0) is 37.5 Å². The van der Waals surface area contributed by atoms with E-state index in [9.17, 15) is 5.21 Å². The van der Waals surface area contributed by atoms with Crippen molar-refractivity contribution in [3.05, 3.63) is 0 Å². The van der Waals surface area contributed by atoms with E-state index in [1.54, 1.807) is 0 Å². The molecule has 122 valence electrons. The molecule has 1 aliphatic heterocycles. The first-order valence-corrected chi connectivity index (χ1v) is 9.01.